The molecule has 0 heterocycles. The summed E-state index contributed by atoms with van der Waals surface area (Å²) in [4.78, 5) is 4.65. The second-order valence-electron chi connectivity index (χ2n) is 4.02. The van der Waals surface area contributed by atoms with Gasteiger partial charge in [-0.05, 0) is 32.1 Å². The van der Waals surface area contributed by atoms with Crippen molar-refractivity contribution in [3.8, 4) is 0 Å². The van der Waals surface area contributed by atoms with Crippen molar-refractivity contribution in [2.75, 3.05) is 38.1 Å². The van der Waals surface area contributed by atoms with Gasteiger partial charge in [0, 0.05) is 13.6 Å². The predicted molar refractivity (Wildman–Crippen MR) is 98.9 cm³/mol. The molecule has 0 saturated carbocycles. The molecule has 0 radical (unpaired) electrons. The van der Waals surface area contributed by atoms with E-state index in [4.69, 9.17) is 24.4 Å². The summed E-state index contributed by atoms with van der Waals surface area (Å²) < 4.78 is 1.70. The molecule has 0 amide bonds. The molecule has 0 aliphatic rings. The van der Waals surface area contributed by atoms with Crippen LogP contribution in [0.4, 0.5) is 5.69 Å². The van der Waals surface area contributed by atoms with Gasteiger partial charge in [0.25, 0.3) is 0 Å². The Labute approximate surface area is 136 Å². The number of anilines is 1. The average molecular weight is 317 g/mol. The number of hydrogen-bond donors (Lipinski definition) is 0. The first kappa shape index (κ1) is 22.0. The highest BCUT2D eigenvalue weighted by molar-refractivity contribution is 7.74. The lowest BCUT2D eigenvalue weighted by Crippen LogP contribution is -2.28. The first-order valence-electron chi connectivity index (χ1n) is 7.84. The Morgan fingerprint density at radius 2 is 1.45 bits per heavy atom. The minimum Gasteiger partial charge on any atom is -0.373 e. The van der Waals surface area contributed by atoms with Crippen LogP contribution in [0.1, 0.15) is 48.0 Å². The molecule has 1 aromatic carbocycles. The third-order valence-electron chi connectivity index (χ3n) is 3.00. The van der Waals surface area contributed by atoms with Gasteiger partial charge in [-0.2, -0.15) is 0 Å². The molecule has 0 unspecified atom stereocenters. The van der Waals surface area contributed by atoms with Crippen LogP contribution in [-0.2, 0) is 0 Å². The molecule has 0 fully saturated rings. The lowest BCUT2D eigenvalue weighted by atomic mass is 10.2. The van der Waals surface area contributed by atoms with Gasteiger partial charge in [0.15, 0.2) is 0 Å². The zero-order valence-electron chi connectivity index (χ0n) is 14.3. The molecular weight excluding hydrogens is 284 g/mol. The van der Waals surface area contributed by atoms with E-state index in [1.54, 1.807) is 0 Å². The van der Waals surface area contributed by atoms with E-state index in [0.29, 0.717) is 0 Å². The van der Waals surface area contributed by atoms with E-state index >= 15 is 0 Å². The van der Waals surface area contributed by atoms with E-state index in [1.165, 1.54) is 6.42 Å². The van der Waals surface area contributed by atoms with Crippen molar-refractivity contribution in [3.05, 3.63) is 15.1 Å². The van der Waals surface area contributed by atoms with Crippen LogP contribution in [0.3, 0.4) is 0 Å². The van der Waals surface area contributed by atoms with Gasteiger partial charge in [0.2, 0.25) is 0 Å². The van der Waals surface area contributed by atoms with Crippen molar-refractivity contribution in [1.82, 2.24) is 4.90 Å². The lowest BCUT2D eigenvalue weighted by Gasteiger charge is -2.23. The predicted octanol–water partition coefficient (Wildman–Crippen LogP) is 5.24. The van der Waals surface area contributed by atoms with E-state index < -0.39 is 0 Å². The Morgan fingerprint density at radius 1 is 0.950 bits per heavy atom. The van der Waals surface area contributed by atoms with Gasteiger partial charge in [-0.15, -0.1) is 0 Å². The van der Waals surface area contributed by atoms with E-state index in [2.05, 4.69) is 30.7 Å². The first-order chi connectivity index (χ1) is 9.60. The van der Waals surface area contributed by atoms with Crippen molar-refractivity contribution in [2.45, 2.75) is 48.0 Å². The third kappa shape index (κ3) is 7.46. The molecule has 0 aliphatic carbocycles. The standard InChI is InChI=1S/C12H20N2S2.2C2H6/c1-4-14(5-2)8-6-7-13(3)10-9-11(15)12(10)16;2*1-2/h9H,4-8H2,1-3H3;2*1-2H3. The maximum atomic E-state index is 5.19. The molecule has 0 atom stereocenters. The molecule has 1 aromatic rings. The minimum absolute atomic E-state index is 0.834. The Balaban J connectivity index is 0. The van der Waals surface area contributed by atoms with Crippen LogP contribution in [0.5, 0.6) is 0 Å². The van der Waals surface area contributed by atoms with Crippen LogP contribution in [0.15, 0.2) is 6.07 Å². The Bertz CT molecular complexity index is 391. The lowest BCUT2D eigenvalue weighted by molar-refractivity contribution is 0.301. The third-order valence-corrected chi connectivity index (χ3v) is 3.88. The normalized spacial score (nSPS) is 9.60. The molecule has 1 rings (SSSR count). The van der Waals surface area contributed by atoms with Crippen LogP contribution >= 0.6 is 24.4 Å². The second-order valence-corrected chi connectivity index (χ2v) is 4.87. The molecule has 0 N–H and O–H groups in total. The maximum Gasteiger partial charge on any atom is 0.0792 e. The zero-order chi connectivity index (χ0) is 16.1. The van der Waals surface area contributed by atoms with Crippen LogP contribution in [0.2, 0.25) is 0 Å². The van der Waals surface area contributed by atoms with E-state index in [0.717, 1.165) is 40.9 Å². The van der Waals surface area contributed by atoms with Gasteiger partial charge in [0.05, 0.1) is 14.7 Å². The highest BCUT2D eigenvalue weighted by Crippen LogP contribution is 2.21. The topological polar surface area (TPSA) is 6.48 Å². The summed E-state index contributed by atoms with van der Waals surface area (Å²) >= 11 is 10.2. The molecule has 0 spiro atoms. The smallest absolute Gasteiger partial charge is 0.0792 e. The van der Waals surface area contributed by atoms with Crippen LogP contribution in [0.25, 0.3) is 0 Å². The molecule has 118 valence electrons. The van der Waals surface area contributed by atoms with Gasteiger partial charge < -0.3 is 9.80 Å². The summed E-state index contributed by atoms with van der Waals surface area (Å²) in [5.74, 6) is 0. The Hall–Kier alpha value is -0.320. The fraction of sp³-hybridized carbons (Fsp3) is 0.750. The van der Waals surface area contributed by atoms with E-state index in [9.17, 15) is 0 Å². The number of hydrogen-bond acceptors (Lipinski definition) is 4. The summed E-state index contributed by atoms with van der Waals surface area (Å²) in [5, 5.41) is 0. The minimum atomic E-state index is 0.834. The van der Waals surface area contributed by atoms with E-state index in [-0.39, 0.29) is 0 Å². The summed E-state index contributed by atoms with van der Waals surface area (Å²) in [6.07, 6.45) is 1.17. The van der Waals surface area contributed by atoms with Gasteiger partial charge in [-0.25, -0.2) is 0 Å². The van der Waals surface area contributed by atoms with Crippen LogP contribution in [0, 0.1) is 9.02 Å². The SMILES string of the molecule is CC.CC.CCN(CC)CCCN(C)c1cc(=S)c1=S. The van der Waals surface area contributed by atoms with Crippen LogP contribution < -0.4 is 4.90 Å². The fourth-order valence-corrected chi connectivity index (χ4v) is 2.27. The maximum absolute atomic E-state index is 5.19. The zero-order valence-corrected chi connectivity index (χ0v) is 16.0. The van der Waals surface area contributed by atoms with Crippen molar-refractivity contribution < 1.29 is 0 Å². The molecule has 0 aromatic heterocycles. The quantitative estimate of drug-likeness (QED) is 0.634. The summed E-state index contributed by atoms with van der Waals surface area (Å²) in [6.45, 7) is 16.9. The molecular formula is C16H32N2S2. The van der Waals surface area contributed by atoms with Crippen molar-refractivity contribution in [2.24, 2.45) is 0 Å². The van der Waals surface area contributed by atoms with Crippen molar-refractivity contribution >= 4 is 30.1 Å². The Morgan fingerprint density at radius 3 is 1.80 bits per heavy atom. The van der Waals surface area contributed by atoms with Gasteiger partial charge in [-0.3, -0.25) is 0 Å². The monoisotopic (exact) mass is 316 g/mol. The van der Waals surface area contributed by atoms with Gasteiger partial charge in [-0.1, -0.05) is 66.0 Å². The van der Waals surface area contributed by atoms with Crippen molar-refractivity contribution in [3.63, 3.8) is 0 Å². The fourth-order valence-electron chi connectivity index (χ4n) is 1.78. The largest absolute Gasteiger partial charge is 0.373 e. The molecule has 0 saturated heterocycles. The number of nitrogens with zero attached hydrogens (tertiary/aromatic N) is 2. The first-order valence-corrected chi connectivity index (χ1v) is 8.65. The average Bonchev–Trinajstić information content (AvgIpc) is 2.52. The second kappa shape index (κ2) is 13.7. The Kier molecular flexibility index (Phi) is 15.0. The van der Waals surface area contributed by atoms with Gasteiger partial charge >= 0.3 is 0 Å². The van der Waals surface area contributed by atoms with Gasteiger partial charge in [0.1, 0.15) is 0 Å². The van der Waals surface area contributed by atoms with Crippen molar-refractivity contribution in [1.29, 1.82) is 0 Å². The summed E-state index contributed by atoms with van der Waals surface area (Å²) in [7, 11) is 2.09. The number of rotatable bonds is 7. The molecule has 20 heavy (non-hydrogen) atoms. The molecule has 0 aliphatic heterocycles. The van der Waals surface area contributed by atoms with E-state index in [1.807, 2.05) is 33.8 Å². The molecule has 2 nitrogen and oxygen atoms in total. The highest BCUT2D eigenvalue weighted by Gasteiger charge is 2.08. The highest BCUT2D eigenvalue weighted by atomic mass is 32.1. The summed E-state index contributed by atoms with van der Waals surface area (Å²) in [6, 6.07) is 2.00. The molecule has 4 heteroatoms. The molecule has 0 bridgehead atoms. The van der Waals surface area contributed by atoms with Crippen LogP contribution in [-0.4, -0.2) is 38.1 Å². The summed E-state index contributed by atoms with van der Waals surface area (Å²) in [5.41, 5.74) is 1.14.